The summed E-state index contributed by atoms with van der Waals surface area (Å²) in [5.41, 5.74) is 1.13. The average Bonchev–Trinajstić information content (AvgIpc) is 3.04. The summed E-state index contributed by atoms with van der Waals surface area (Å²) < 4.78 is 6.46. The summed E-state index contributed by atoms with van der Waals surface area (Å²) in [5, 5.41) is 0. The third kappa shape index (κ3) is 3.62. The standard InChI is InChI=1S/C17H27N3O/c1-19-11-6-17(7-12-19,16-5-4-8-18-15-16)21-14-13-20-9-2-3-10-20/h4-5,8,15H,2-3,6-7,9-14H2,1H3. The molecule has 0 saturated carbocycles. The van der Waals surface area contributed by atoms with E-state index in [0.717, 1.165) is 39.1 Å². The molecule has 1 aromatic rings. The van der Waals surface area contributed by atoms with Crippen LogP contribution in [0.2, 0.25) is 0 Å². The molecule has 2 saturated heterocycles. The highest BCUT2D eigenvalue weighted by atomic mass is 16.5. The average molecular weight is 289 g/mol. The lowest BCUT2D eigenvalue weighted by atomic mass is 9.85. The van der Waals surface area contributed by atoms with E-state index in [1.807, 2.05) is 18.5 Å². The molecule has 0 spiro atoms. The fourth-order valence-corrected chi connectivity index (χ4v) is 3.50. The van der Waals surface area contributed by atoms with E-state index in [4.69, 9.17) is 4.74 Å². The third-order valence-electron chi connectivity index (χ3n) is 4.97. The predicted octanol–water partition coefficient (Wildman–Crippen LogP) is 2.11. The Morgan fingerprint density at radius 3 is 2.62 bits per heavy atom. The van der Waals surface area contributed by atoms with Gasteiger partial charge in [-0.15, -0.1) is 0 Å². The van der Waals surface area contributed by atoms with Crippen LogP contribution in [0, 0.1) is 0 Å². The monoisotopic (exact) mass is 289 g/mol. The number of pyridine rings is 1. The van der Waals surface area contributed by atoms with Gasteiger partial charge in [0, 0.05) is 37.6 Å². The maximum Gasteiger partial charge on any atom is 0.0971 e. The molecule has 116 valence electrons. The smallest absolute Gasteiger partial charge is 0.0971 e. The molecule has 3 rings (SSSR count). The van der Waals surface area contributed by atoms with Crippen molar-refractivity contribution >= 4 is 0 Å². The van der Waals surface area contributed by atoms with Crippen molar-refractivity contribution in [2.75, 3.05) is 46.4 Å². The molecule has 0 N–H and O–H groups in total. The van der Waals surface area contributed by atoms with Crippen LogP contribution in [0.25, 0.3) is 0 Å². The molecule has 1 aromatic heterocycles. The highest BCUT2D eigenvalue weighted by Crippen LogP contribution is 2.36. The second-order valence-electron chi connectivity index (χ2n) is 6.44. The minimum Gasteiger partial charge on any atom is -0.369 e. The summed E-state index contributed by atoms with van der Waals surface area (Å²) >= 11 is 0. The van der Waals surface area contributed by atoms with Crippen molar-refractivity contribution in [3.05, 3.63) is 30.1 Å². The van der Waals surface area contributed by atoms with Crippen molar-refractivity contribution in [2.45, 2.75) is 31.3 Å². The van der Waals surface area contributed by atoms with E-state index in [1.54, 1.807) is 0 Å². The Labute approximate surface area is 128 Å². The fourth-order valence-electron chi connectivity index (χ4n) is 3.50. The van der Waals surface area contributed by atoms with Crippen molar-refractivity contribution in [2.24, 2.45) is 0 Å². The van der Waals surface area contributed by atoms with Crippen LogP contribution in [-0.2, 0) is 10.3 Å². The zero-order valence-electron chi connectivity index (χ0n) is 13.1. The van der Waals surface area contributed by atoms with Crippen LogP contribution >= 0.6 is 0 Å². The van der Waals surface area contributed by atoms with Crippen molar-refractivity contribution in [3.63, 3.8) is 0 Å². The molecule has 0 atom stereocenters. The lowest BCUT2D eigenvalue weighted by Crippen LogP contribution is -2.43. The largest absolute Gasteiger partial charge is 0.369 e. The van der Waals surface area contributed by atoms with Crippen LogP contribution in [0.5, 0.6) is 0 Å². The number of hydrogen-bond acceptors (Lipinski definition) is 4. The topological polar surface area (TPSA) is 28.6 Å². The molecule has 0 aliphatic carbocycles. The van der Waals surface area contributed by atoms with Crippen molar-refractivity contribution in [3.8, 4) is 0 Å². The van der Waals surface area contributed by atoms with E-state index in [1.165, 1.54) is 31.5 Å². The number of rotatable bonds is 5. The van der Waals surface area contributed by atoms with Gasteiger partial charge in [0.15, 0.2) is 0 Å². The van der Waals surface area contributed by atoms with Gasteiger partial charge in [-0.05, 0) is 51.9 Å². The second kappa shape index (κ2) is 6.86. The second-order valence-corrected chi connectivity index (χ2v) is 6.44. The van der Waals surface area contributed by atoms with Gasteiger partial charge in [0.1, 0.15) is 0 Å². The lowest BCUT2D eigenvalue weighted by molar-refractivity contribution is -0.0909. The molecular formula is C17H27N3O. The Hall–Kier alpha value is -0.970. The van der Waals surface area contributed by atoms with E-state index in [-0.39, 0.29) is 5.60 Å². The van der Waals surface area contributed by atoms with Crippen LogP contribution in [0.1, 0.15) is 31.2 Å². The SMILES string of the molecule is CN1CCC(OCCN2CCCC2)(c2cccnc2)CC1. The Kier molecular flexibility index (Phi) is 4.88. The highest BCUT2D eigenvalue weighted by molar-refractivity contribution is 5.19. The molecule has 0 unspecified atom stereocenters. The number of piperidine rings is 1. The summed E-state index contributed by atoms with van der Waals surface area (Å²) in [5.74, 6) is 0. The Bertz CT molecular complexity index is 423. The van der Waals surface area contributed by atoms with Gasteiger partial charge >= 0.3 is 0 Å². The van der Waals surface area contributed by atoms with Gasteiger partial charge in [0.2, 0.25) is 0 Å². The van der Waals surface area contributed by atoms with Crippen molar-refractivity contribution in [1.29, 1.82) is 0 Å². The van der Waals surface area contributed by atoms with Gasteiger partial charge in [0.25, 0.3) is 0 Å². The van der Waals surface area contributed by atoms with Crippen LogP contribution in [0.3, 0.4) is 0 Å². The number of nitrogens with zero attached hydrogens (tertiary/aromatic N) is 3. The summed E-state index contributed by atoms with van der Waals surface area (Å²) in [4.78, 5) is 9.21. The van der Waals surface area contributed by atoms with E-state index < -0.39 is 0 Å². The number of aromatic nitrogens is 1. The van der Waals surface area contributed by atoms with E-state index in [9.17, 15) is 0 Å². The molecule has 4 heteroatoms. The molecule has 2 aliphatic heterocycles. The van der Waals surface area contributed by atoms with Gasteiger partial charge in [-0.25, -0.2) is 0 Å². The molecule has 0 bridgehead atoms. The van der Waals surface area contributed by atoms with Crippen molar-refractivity contribution < 1.29 is 4.74 Å². The number of ether oxygens (including phenoxy) is 1. The molecule has 21 heavy (non-hydrogen) atoms. The number of likely N-dealkylation sites (tertiary alicyclic amines) is 2. The summed E-state index contributed by atoms with van der Waals surface area (Å²) in [6.07, 6.45) is 8.65. The van der Waals surface area contributed by atoms with Gasteiger partial charge < -0.3 is 14.5 Å². The fraction of sp³-hybridized carbons (Fsp3) is 0.706. The van der Waals surface area contributed by atoms with E-state index in [2.05, 4.69) is 27.9 Å². The minimum atomic E-state index is -0.125. The van der Waals surface area contributed by atoms with Crippen LogP contribution in [-0.4, -0.2) is 61.2 Å². The van der Waals surface area contributed by atoms with E-state index in [0.29, 0.717) is 0 Å². The molecule has 0 aromatic carbocycles. The van der Waals surface area contributed by atoms with Crippen LogP contribution < -0.4 is 0 Å². The first-order chi connectivity index (χ1) is 10.3. The predicted molar refractivity (Wildman–Crippen MR) is 84.3 cm³/mol. The summed E-state index contributed by atoms with van der Waals surface area (Å²) in [6, 6.07) is 4.20. The van der Waals surface area contributed by atoms with Gasteiger partial charge in [0.05, 0.1) is 12.2 Å². The van der Waals surface area contributed by atoms with Crippen LogP contribution in [0.15, 0.2) is 24.5 Å². The molecule has 2 aliphatic rings. The lowest BCUT2D eigenvalue weighted by Gasteiger charge is -2.41. The zero-order chi connectivity index (χ0) is 14.5. The molecular weight excluding hydrogens is 262 g/mol. The summed E-state index contributed by atoms with van der Waals surface area (Å²) in [6.45, 7) is 6.58. The number of hydrogen-bond donors (Lipinski definition) is 0. The quantitative estimate of drug-likeness (QED) is 0.830. The maximum atomic E-state index is 6.46. The van der Waals surface area contributed by atoms with E-state index >= 15 is 0 Å². The van der Waals surface area contributed by atoms with Gasteiger partial charge in [-0.2, -0.15) is 0 Å². The van der Waals surface area contributed by atoms with Gasteiger partial charge in [-0.3, -0.25) is 4.98 Å². The molecule has 0 amide bonds. The molecule has 3 heterocycles. The first-order valence-corrected chi connectivity index (χ1v) is 8.24. The zero-order valence-corrected chi connectivity index (χ0v) is 13.1. The first kappa shape index (κ1) is 14.9. The minimum absolute atomic E-state index is 0.125. The first-order valence-electron chi connectivity index (χ1n) is 8.24. The maximum absolute atomic E-state index is 6.46. The molecule has 0 radical (unpaired) electrons. The Morgan fingerprint density at radius 2 is 1.95 bits per heavy atom. The molecule has 4 nitrogen and oxygen atoms in total. The molecule has 2 fully saturated rings. The normalized spacial score (nSPS) is 23.5. The van der Waals surface area contributed by atoms with Crippen molar-refractivity contribution in [1.82, 2.24) is 14.8 Å². The Morgan fingerprint density at radius 1 is 1.19 bits per heavy atom. The Balaban J connectivity index is 1.64. The third-order valence-corrected chi connectivity index (χ3v) is 4.97. The van der Waals surface area contributed by atoms with Gasteiger partial charge in [-0.1, -0.05) is 6.07 Å². The summed E-state index contributed by atoms with van der Waals surface area (Å²) in [7, 11) is 2.19. The highest BCUT2D eigenvalue weighted by Gasteiger charge is 2.36. The van der Waals surface area contributed by atoms with Crippen LogP contribution in [0.4, 0.5) is 0 Å².